The molecule has 0 aliphatic carbocycles. The van der Waals surface area contributed by atoms with E-state index in [1.807, 2.05) is 0 Å². The van der Waals surface area contributed by atoms with E-state index in [4.69, 9.17) is 40.1 Å². The molecule has 2 saturated heterocycles. The molecule has 2 aliphatic rings. The molecule has 2 aliphatic heterocycles. The summed E-state index contributed by atoms with van der Waals surface area (Å²) in [6.07, 6.45) is 0.422. The second-order valence-corrected chi connectivity index (χ2v) is 17.3. The van der Waals surface area contributed by atoms with Gasteiger partial charge in [-0.3, -0.25) is 53.3 Å². The zero-order valence-corrected chi connectivity index (χ0v) is 40.1. The number of amides is 8. The van der Waals surface area contributed by atoms with E-state index in [2.05, 4.69) is 46.9 Å². The Morgan fingerprint density at radius 1 is 0.586 bits per heavy atom. The smallest absolute Gasteiger partial charge is 0.326 e. The lowest BCUT2D eigenvalue weighted by Gasteiger charge is -2.32. The summed E-state index contributed by atoms with van der Waals surface area (Å²) < 4.78 is 0. The highest BCUT2D eigenvalue weighted by Gasteiger charge is 2.42. The quantitative estimate of drug-likeness (QED) is 0.0188. The molecule has 2 fully saturated rings. The van der Waals surface area contributed by atoms with Gasteiger partial charge in [0, 0.05) is 32.7 Å². The predicted octanol–water partition coefficient (Wildman–Crippen LogP) is -7.25. The van der Waals surface area contributed by atoms with E-state index in [-0.39, 0.29) is 94.9 Å². The van der Waals surface area contributed by atoms with E-state index < -0.39 is 115 Å². The second-order valence-electron chi connectivity index (χ2n) is 17.3. The van der Waals surface area contributed by atoms with E-state index >= 15 is 0 Å². The largest absolute Gasteiger partial charge is 0.480 e. The number of aliphatic imine (C=N–C) groups is 3. The molecule has 70 heavy (non-hydrogen) atoms. The van der Waals surface area contributed by atoms with Crippen LogP contribution in [-0.4, -0.2) is 185 Å². The van der Waals surface area contributed by atoms with Crippen LogP contribution in [0.25, 0.3) is 0 Å². The molecule has 0 aromatic rings. The van der Waals surface area contributed by atoms with Crippen molar-refractivity contribution in [2.24, 2.45) is 61.0 Å². The second kappa shape index (κ2) is 29.8. The lowest BCUT2D eigenvalue weighted by atomic mass is 10.0. The molecule has 8 amide bonds. The van der Waals surface area contributed by atoms with Crippen LogP contribution in [-0.2, 0) is 43.2 Å². The van der Waals surface area contributed by atoms with Gasteiger partial charge in [0.1, 0.15) is 36.3 Å². The standard InChI is InChI=1S/C41H74N18O11/c1-21(2)30(42)36(67)58-17-8-13-27(58)35(66)55-24(10-5-15-50-40(45)46)33(64)57-31(22(3)60)37(68)59-18-7-12-26(59)34(65)53-19-28(61)52-20-29(62)54-23(9-4-14-49-39(43)44)32(63)56-25(38(69)70)11-6-16-51-41(47)48/h21-27,30-31,60H,4-20,42H2,1-3H3,(H,52,61)(H,53,65)(H,54,62)(H,55,66)(H,56,63)(H,57,64)(H,69,70)(H4,43,44,49)(H4,45,46,50)(H4,47,48,51)/t22-,23+,24+,25+,26+,27+,30+,31+/m1/s1. The van der Waals surface area contributed by atoms with Gasteiger partial charge in [0.2, 0.25) is 47.3 Å². The van der Waals surface area contributed by atoms with Gasteiger partial charge in [-0.15, -0.1) is 0 Å². The van der Waals surface area contributed by atoms with E-state index in [1.165, 1.54) is 11.8 Å². The number of aliphatic hydroxyl groups is 1. The highest BCUT2D eigenvalue weighted by molar-refractivity contribution is 5.97. The number of carboxylic acids is 1. The number of hydrogen-bond acceptors (Lipinski definition) is 14. The Morgan fingerprint density at radius 2 is 1.03 bits per heavy atom. The molecule has 0 aromatic carbocycles. The Morgan fingerprint density at radius 3 is 1.50 bits per heavy atom. The fourth-order valence-electron chi connectivity index (χ4n) is 7.52. The van der Waals surface area contributed by atoms with Crippen LogP contribution in [0.3, 0.4) is 0 Å². The molecule has 29 nitrogen and oxygen atoms in total. The van der Waals surface area contributed by atoms with Gasteiger partial charge in [-0.25, -0.2) is 4.79 Å². The van der Waals surface area contributed by atoms with Crippen molar-refractivity contribution in [1.82, 2.24) is 41.7 Å². The maximum absolute atomic E-state index is 14.0. The van der Waals surface area contributed by atoms with Gasteiger partial charge < -0.3 is 92.0 Å². The molecule has 0 radical (unpaired) electrons. The molecular formula is C41H74N18O11. The molecule has 2 rings (SSSR count). The van der Waals surface area contributed by atoms with Gasteiger partial charge in [-0.2, -0.15) is 0 Å². The number of likely N-dealkylation sites (tertiary alicyclic amines) is 2. The molecule has 0 unspecified atom stereocenters. The first kappa shape index (κ1) is 59.1. The van der Waals surface area contributed by atoms with E-state index in [0.717, 1.165) is 4.90 Å². The van der Waals surface area contributed by atoms with Crippen molar-refractivity contribution < 1.29 is 53.4 Å². The predicted molar refractivity (Wildman–Crippen MR) is 255 cm³/mol. The number of guanidine groups is 3. The Kier molecular flexibility index (Phi) is 25.1. The lowest BCUT2D eigenvalue weighted by molar-refractivity contribution is -0.144. The minimum Gasteiger partial charge on any atom is -0.480 e. The maximum atomic E-state index is 14.0. The summed E-state index contributed by atoms with van der Waals surface area (Å²) in [4.78, 5) is 133. The molecule has 394 valence electrons. The number of hydrogen-bond donors (Lipinski definition) is 15. The minimum atomic E-state index is -1.59. The number of rotatable bonds is 29. The molecule has 29 heteroatoms. The zero-order valence-electron chi connectivity index (χ0n) is 40.1. The molecule has 2 heterocycles. The summed E-state index contributed by atoms with van der Waals surface area (Å²) in [6.45, 7) is 4.16. The number of nitrogens with two attached hydrogens (primary N) is 7. The van der Waals surface area contributed by atoms with Crippen molar-refractivity contribution in [3.05, 3.63) is 0 Å². The number of nitrogens with zero attached hydrogens (tertiary/aromatic N) is 5. The van der Waals surface area contributed by atoms with Crippen LogP contribution < -0.4 is 72.0 Å². The number of aliphatic hydroxyl groups excluding tert-OH is 1. The van der Waals surface area contributed by atoms with E-state index in [0.29, 0.717) is 25.8 Å². The molecule has 0 saturated carbocycles. The van der Waals surface area contributed by atoms with Gasteiger partial charge in [0.05, 0.1) is 25.2 Å². The summed E-state index contributed by atoms with van der Waals surface area (Å²) in [5, 5.41) is 35.2. The first-order chi connectivity index (χ1) is 32.9. The normalized spacial score (nSPS) is 17.9. The van der Waals surface area contributed by atoms with Crippen molar-refractivity contribution in [2.45, 2.75) is 133 Å². The van der Waals surface area contributed by atoms with Crippen molar-refractivity contribution in [3.8, 4) is 0 Å². The maximum Gasteiger partial charge on any atom is 0.326 e. The number of carbonyl (C=O) groups excluding carboxylic acids is 8. The van der Waals surface area contributed by atoms with Crippen LogP contribution in [0.15, 0.2) is 15.0 Å². The van der Waals surface area contributed by atoms with E-state index in [9.17, 15) is 53.4 Å². The average molecular weight is 995 g/mol. The number of nitrogens with one attached hydrogen (secondary N) is 6. The molecule has 0 bridgehead atoms. The average Bonchev–Trinajstić information content (AvgIpc) is 4.00. The van der Waals surface area contributed by atoms with Gasteiger partial charge in [-0.05, 0) is 77.0 Å². The van der Waals surface area contributed by atoms with Crippen LogP contribution in [0.4, 0.5) is 0 Å². The molecule has 22 N–H and O–H groups in total. The third-order valence-electron chi connectivity index (χ3n) is 11.3. The van der Waals surface area contributed by atoms with Crippen molar-refractivity contribution in [2.75, 3.05) is 45.8 Å². The van der Waals surface area contributed by atoms with Gasteiger partial charge in [0.25, 0.3) is 0 Å². The highest BCUT2D eigenvalue weighted by atomic mass is 16.4. The van der Waals surface area contributed by atoms with Gasteiger partial charge in [0.15, 0.2) is 17.9 Å². The Balaban J connectivity index is 2.09. The van der Waals surface area contributed by atoms with Crippen LogP contribution in [0.1, 0.15) is 85.0 Å². The van der Waals surface area contributed by atoms with Crippen molar-refractivity contribution in [3.63, 3.8) is 0 Å². The summed E-state index contributed by atoms with van der Waals surface area (Å²) in [5.74, 6) is -8.04. The lowest BCUT2D eigenvalue weighted by Crippen LogP contribution is -2.61. The number of carboxylic acid groups (broad SMARTS) is 1. The first-order valence-electron chi connectivity index (χ1n) is 23.1. The fraction of sp³-hybridized carbons (Fsp3) is 0.707. The summed E-state index contributed by atoms with van der Waals surface area (Å²) in [5.41, 5.74) is 38.3. The molecule has 0 spiro atoms. The SMILES string of the molecule is CC(C)[C@H](N)C(=O)N1CCC[C@H]1C(=O)N[C@@H](CCCN=C(N)N)C(=O)N[C@H](C(=O)N1CCC[C@H]1C(=O)NCC(=O)NCC(=O)N[C@@H](CCCN=C(N)N)C(=O)N[C@@H](CCCN=C(N)N)C(=O)O)[C@@H](C)O. The number of carbonyl (C=O) groups is 9. The Bertz CT molecular complexity index is 1920. The fourth-order valence-corrected chi connectivity index (χ4v) is 7.52. The van der Waals surface area contributed by atoms with E-state index in [1.54, 1.807) is 13.8 Å². The summed E-state index contributed by atoms with van der Waals surface area (Å²) in [7, 11) is 0. The zero-order chi connectivity index (χ0) is 52.7. The van der Waals surface area contributed by atoms with Crippen LogP contribution in [0.5, 0.6) is 0 Å². The van der Waals surface area contributed by atoms with Crippen molar-refractivity contribution in [1.29, 1.82) is 0 Å². The topological polar surface area (TPSA) is 492 Å². The van der Waals surface area contributed by atoms with Crippen LogP contribution >= 0.6 is 0 Å². The summed E-state index contributed by atoms with van der Waals surface area (Å²) in [6, 6.07) is -8.35. The third kappa shape index (κ3) is 20.3. The van der Waals surface area contributed by atoms with Crippen LogP contribution in [0, 0.1) is 5.92 Å². The summed E-state index contributed by atoms with van der Waals surface area (Å²) >= 11 is 0. The monoisotopic (exact) mass is 995 g/mol. The minimum absolute atomic E-state index is 0.00676. The van der Waals surface area contributed by atoms with Crippen LogP contribution in [0.2, 0.25) is 0 Å². The van der Waals surface area contributed by atoms with Crippen molar-refractivity contribution >= 4 is 71.1 Å². The Labute approximate surface area is 405 Å². The third-order valence-corrected chi connectivity index (χ3v) is 11.3. The molecule has 8 atom stereocenters. The molecular weight excluding hydrogens is 921 g/mol. The molecule has 0 aromatic heterocycles. The number of aliphatic carboxylic acids is 1. The Hall–Kier alpha value is -7.04. The first-order valence-corrected chi connectivity index (χ1v) is 23.1. The van der Waals surface area contributed by atoms with Gasteiger partial charge >= 0.3 is 5.97 Å². The van der Waals surface area contributed by atoms with Gasteiger partial charge in [-0.1, -0.05) is 13.8 Å². The highest BCUT2D eigenvalue weighted by Crippen LogP contribution is 2.22.